The summed E-state index contributed by atoms with van der Waals surface area (Å²) in [7, 11) is 1.91. The van der Waals surface area contributed by atoms with Gasteiger partial charge in [-0.2, -0.15) is 11.8 Å². The monoisotopic (exact) mass is 266 g/mol. The maximum Gasteiger partial charge on any atom is 0.135 e. The van der Waals surface area contributed by atoms with Gasteiger partial charge in [-0.1, -0.05) is 6.92 Å². The van der Waals surface area contributed by atoms with Crippen LogP contribution < -0.4 is 10.6 Å². The molecule has 18 heavy (non-hydrogen) atoms. The zero-order valence-electron chi connectivity index (χ0n) is 11.4. The van der Waals surface area contributed by atoms with Crippen LogP contribution in [-0.4, -0.2) is 34.6 Å². The second-order valence-corrected chi connectivity index (χ2v) is 5.77. The molecule has 1 unspecified atom stereocenters. The Bertz CT molecular complexity index is 402. The van der Waals surface area contributed by atoms with Gasteiger partial charge in [0.25, 0.3) is 0 Å². The average molecular weight is 266 g/mol. The van der Waals surface area contributed by atoms with Gasteiger partial charge in [0.15, 0.2) is 0 Å². The fourth-order valence-corrected chi connectivity index (χ4v) is 3.22. The Balaban J connectivity index is 2.19. The molecule has 1 aliphatic heterocycles. The number of aromatic nitrogens is 2. The zero-order chi connectivity index (χ0) is 13.0. The lowest BCUT2D eigenvalue weighted by atomic mass is 10.1. The summed E-state index contributed by atoms with van der Waals surface area (Å²) in [5.74, 6) is 5.31. The maximum atomic E-state index is 4.62. The van der Waals surface area contributed by atoms with E-state index in [1.165, 1.54) is 24.3 Å². The van der Waals surface area contributed by atoms with E-state index in [4.69, 9.17) is 0 Å². The highest BCUT2D eigenvalue weighted by Gasteiger charge is 2.16. The summed E-state index contributed by atoms with van der Waals surface area (Å²) in [5.41, 5.74) is 1.12. The molecule has 1 aromatic rings. The minimum Gasteiger partial charge on any atom is -0.373 e. The highest BCUT2D eigenvalue weighted by Crippen LogP contribution is 2.24. The van der Waals surface area contributed by atoms with E-state index in [9.17, 15) is 0 Å². The fourth-order valence-electron chi connectivity index (χ4n) is 2.15. The van der Waals surface area contributed by atoms with Crippen LogP contribution in [0.3, 0.4) is 0 Å². The van der Waals surface area contributed by atoms with Crippen LogP contribution in [0.4, 0.5) is 11.6 Å². The third-order valence-corrected chi connectivity index (χ3v) is 4.46. The van der Waals surface area contributed by atoms with Crippen LogP contribution in [0.1, 0.15) is 31.2 Å². The normalized spacial score (nSPS) is 19.6. The van der Waals surface area contributed by atoms with Crippen molar-refractivity contribution in [3.8, 4) is 0 Å². The summed E-state index contributed by atoms with van der Waals surface area (Å²) >= 11 is 2.03. The molecule has 0 saturated carbocycles. The van der Waals surface area contributed by atoms with Crippen molar-refractivity contribution < 1.29 is 0 Å². The smallest absolute Gasteiger partial charge is 0.135 e. The number of thioether (sulfide) groups is 1. The van der Waals surface area contributed by atoms with Gasteiger partial charge in [-0.05, 0) is 25.5 Å². The lowest BCUT2D eigenvalue weighted by Crippen LogP contribution is -2.27. The van der Waals surface area contributed by atoms with Gasteiger partial charge in [-0.25, -0.2) is 9.97 Å². The van der Waals surface area contributed by atoms with E-state index >= 15 is 0 Å². The van der Waals surface area contributed by atoms with E-state index in [1.54, 1.807) is 0 Å². The number of nitrogens with one attached hydrogen (secondary N) is 2. The van der Waals surface area contributed by atoms with E-state index < -0.39 is 0 Å². The summed E-state index contributed by atoms with van der Waals surface area (Å²) < 4.78 is 0. The molecule has 1 atom stereocenters. The lowest BCUT2D eigenvalue weighted by molar-refractivity contribution is 0.680. The number of aryl methyl sites for hydroxylation is 1. The molecule has 2 N–H and O–H groups in total. The highest BCUT2D eigenvalue weighted by atomic mass is 32.2. The first kappa shape index (κ1) is 13.5. The van der Waals surface area contributed by atoms with E-state index in [-0.39, 0.29) is 0 Å². The molecular formula is C13H22N4S. The minimum atomic E-state index is 0.548. The molecule has 1 aliphatic rings. The Morgan fingerprint density at radius 1 is 1.33 bits per heavy atom. The highest BCUT2D eigenvalue weighted by molar-refractivity contribution is 7.99. The molecule has 0 aromatic carbocycles. The Labute approximate surface area is 113 Å². The van der Waals surface area contributed by atoms with E-state index in [1.807, 2.05) is 18.8 Å². The summed E-state index contributed by atoms with van der Waals surface area (Å²) in [6, 6.07) is 0.548. The van der Waals surface area contributed by atoms with Crippen LogP contribution in [0, 0.1) is 6.92 Å². The third kappa shape index (κ3) is 3.07. The molecule has 0 spiro atoms. The zero-order valence-corrected chi connectivity index (χ0v) is 12.2. The van der Waals surface area contributed by atoms with Gasteiger partial charge in [0.05, 0.1) is 0 Å². The Morgan fingerprint density at radius 3 is 2.72 bits per heavy atom. The second-order valence-electron chi connectivity index (χ2n) is 4.62. The summed E-state index contributed by atoms with van der Waals surface area (Å²) in [6.45, 7) is 4.16. The standard InChI is InChI=1S/C13H22N4S/c1-4-11-16-12(14-3)9(2)13(17-11)15-10-6-5-7-18-8-10/h10H,4-8H2,1-3H3,(H2,14,15,16,17). The third-order valence-electron chi connectivity index (χ3n) is 3.25. The van der Waals surface area contributed by atoms with Crippen molar-refractivity contribution >= 4 is 23.4 Å². The van der Waals surface area contributed by atoms with Gasteiger partial charge in [0.1, 0.15) is 17.5 Å². The number of hydrogen-bond donors (Lipinski definition) is 2. The van der Waals surface area contributed by atoms with Crippen molar-refractivity contribution in [3.63, 3.8) is 0 Å². The Hall–Kier alpha value is -0.970. The van der Waals surface area contributed by atoms with Crippen LogP contribution in [0.5, 0.6) is 0 Å². The Kier molecular flexibility index (Phi) is 4.69. The molecule has 0 radical (unpaired) electrons. The first-order valence-corrected chi connectivity index (χ1v) is 7.79. The summed E-state index contributed by atoms with van der Waals surface area (Å²) in [4.78, 5) is 9.12. The van der Waals surface area contributed by atoms with Crippen LogP contribution in [0.25, 0.3) is 0 Å². The summed E-state index contributed by atoms with van der Waals surface area (Å²) in [6.07, 6.45) is 3.40. The van der Waals surface area contributed by atoms with Gasteiger partial charge < -0.3 is 10.6 Å². The minimum absolute atomic E-state index is 0.548. The number of anilines is 2. The van der Waals surface area contributed by atoms with Crippen molar-refractivity contribution in [1.82, 2.24) is 9.97 Å². The van der Waals surface area contributed by atoms with E-state index in [0.717, 1.165) is 29.4 Å². The topological polar surface area (TPSA) is 49.8 Å². The van der Waals surface area contributed by atoms with Crippen molar-refractivity contribution in [1.29, 1.82) is 0 Å². The SMILES string of the molecule is CCc1nc(NC)c(C)c(NC2CCCSC2)n1. The number of nitrogens with zero attached hydrogens (tertiary/aromatic N) is 2. The van der Waals surface area contributed by atoms with Crippen LogP contribution in [-0.2, 0) is 6.42 Å². The average Bonchev–Trinajstić information content (AvgIpc) is 2.42. The van der Waals surface area contributed by atoms with Crippen LogP contribution in [0.2, 0.25) is 0 Å². The van der Waals surface area contributed by atoms with Crippen molar-refractivity contribution in [2.24, 2.45) is 0 Å². The molecule has 2 rings (SSSR count). The van der Waals surface area contributed by atoms with Gasteiger partial charge in [-0.3, -0.25) is 0 Å². The maximum absolute atomic E-state index is 4.62. The van der Waals surface area contributed by atoms with Gasteiger partial charge >= 0.3 is 0 Å². The Morgan fingerprint density at radius 2 is 2.11 bits per heavy atom. The van der Waals surface area contributed by atoms with Crippen molar-refractivity contribution in [3.05, 3.63) is 11.4 Å². The molecule has 0 amide bonds. The van der Waals surface area contributed by atoms with Crippen LogP contribution in [0.15, 0.2) is 0 Å². The molecule has 5 heteroatoms. The van der Waals surface area contributed by atoms with E-state index in [0.29, 0.717) is 6.04 Å². The van der Waals surface area contributed by atoms with Gasteiger partial charge in [0, 0.05) is 30.8 Å². The molecule has 2 heterocycles. The molecule has 0 aliphatic carbocycles. The van der Waals surface area contributed by atoms with Gasteiger partial charge in [0.2, 0.25) is 0 Å². The first-order chi connectivity index (χ1) is 8.74. The second kappa shape index (κ2) is 6.27. The first-order valence-electron chi connectivity index (χ1n) is 6.64. The number of hydrogen-bond acceptors (Lipinski definition) is 5. The molecular weight excluding hydrogens is 244 g/mol. The molecule has 4 nitrogen and oxygen atoms in total. The predicted molar refractivity (Wildman–Crippen MR) is 79.7 cm³/mol. The molecule has 1 fully saturated rings. The van der Waals surface area contributed by atoms with E-state index in [2.05, 4.69) is 34.4 Å². The predicted octanol–water partition coefficient (Wildman–Crippen LogP) is 2.70. The molecule has 0 bridgehead atoms. The van der Waals surface area contributed by atoms with Crippen molar-refractivity contribution in [2.45, 2.75) is 39.2 Å². The molecule has 1 saturated heterocycles. The number of rotatable bonds is 4. The lowest BCUT2D eigenvalue weighted by Gasteiger charge is -2.24. The molecule has 100 valence electrons. The largest absolute Gasteiger partial charge is 0.373 e. The molecule has 1 aromatic heterocycles. The van der Waals surface area contributed by atoms with Crippen molar-refractivity contribution in [2.75, 3.05) is 29.2 Å². The quantitative estimate of drug-likeness (QED) is 0.877. The van der Waals surface area contributed by atoms with Gasteiger partial charge in [-0.15, -0.1) is 0 Å². The fraction of sp³-hybridized carbons (Fsp3) is 0.692. The summed E-state index contributed by atoms with van der Waals surface area (Å²) in [5, 5.41) is 6.74. The van der Waals surface area contributed by atoms with Crippen LogP contribution >= 0.6 is 11.8 Å².